The summed E-state index contributed by atoms with van der Waals surface area (Å²) < 4.78 is 6.80. The summed E-state index contributed by atoms with van der Waals surface area (Å²) in [4.78, 5) is 0. The zero-order chi connectivity index (χ0) is 16.6. The number of hydrogen-bond acceptors (Lipinski definition) is 1. The smallest absolute Gasteiger partial charge is 0.0897 e. The van der Waals surface area contributed by atoms with Crippen molar-refractivity contribution in [2.24, 2.45) is 11.8 Å². The first-order chi connectivity index (χ1) is 10.9. The van der Waals surface area contributed by atoms with E-state index < -0.39 is 0 Å². The third kappa shape index (κ3) is 3.30. The number of fused-ring (bicyclic) bond motifs is 2. The van der Waals surface area contributed by atoms with Crippen LogP contribution in [-0.4, -0.2) is 5.60 Å². The van der Waals surface area contributed by atoms with Crippen molar-refractivity contribution in [3.05, 3.63) is 58.7 Å². The highest BCUT2D eigenvalue weighted by molar-refractivity contribution is 5.28. The average molecular weight is 310 g/mol. The van der Waals surface area contributed by atoms with Gasteiger partial charge in [0.05, 0.1) is 11.7 Å². The van der Waals surface area contributed by atoms with Crippen LogP contribution in [0.3, 0.4) is 0 Å². The molecular formula is C22H30O. The Labute approximate surface area is 141 Å². The standard InChI is InChI=1S/C22H30O/c1-15(2)12-13-22(5)19-11-8-17(4)20(14-19)21(23-22)18-9-6-16(3)7-10-18/h6-10,12,19-21H,11,13-14H2,1-5H3/t19-,20+,21-,22-/m0/s1. The summed E-state index contributed by atoms with van der Waals surface area (Å²) in [5.41, 5.74) is 5.48. The maximum Gasteiger partial charge on any atom is 0.0897 e. The Morgan fingerprint density at radius 2 is 1.91 bits per heavy atom. The minimum atomic E-state index is -0.0550. The molecule has 0 aromatic heterocycles. The second kappa shape index (κ2) is 6.28. The molecule has 1 nitrogen and oxygen atoms in total. The quantitative estimate of drug-likeness (QED) is 0.608. The maximum absolute atomic E-state index is 6.80. The predicted octanol–water partition coefficient (Wildman–Crippen LogP) is 6.15. The van der Waals surface area contributed by atoms with Crippen LogP contribution in [-0.2, 0) is 4.74 Å². The molecule has 4 atom stereocenters. The number of hydrogen-bond donors (Lipinski definition) is 0. The van der Waals surface area contributed by atoms with Gasteiger partial charge in [-0.25, -0.2) is 0 Å². The molecule has 1 aromatic carbocycles. The van der Waals surface area contributed by atoms with E-state index in [1.54, 1.807) is 0 Å². The van der Waals surface area contributed by atoms with Gasteiger partial charge >= 0.3 is 0 Å². The Hall–Kier alpha value is -1.34. The van der Waals surface area contributed by atoms with E-state index >= 15 is 0 Å². The largest absolute Gasteiger partial charge is 0.366 e. The first kappa shape index (κ1) is 16.5. The number of benzene rings is 1. The summed E-state index contributed by atoms with van der Waals surface area (Å²) in [6.45, 7) is 11.1. The molecule has 0 N–H and O–H groups in total. The SMILES string of the molecule is CC(C)=CC[C@]1(C)O[C@@H](c2ccc(C)cc2)[C@@H]2C[C@@H]1CC=C2C. The summed E-state index contributed by atoms with van der Waals surface area (Å²) in [6, 6.07) is 8.92. The van der Waals surface area contributed by atoms with Crippen molar-refractivity contribution in [3.63, 3.8) is 0 Å². The van der Waals surface area contributed by atoms with E-state index in [1.807, 2.05) is 0 Å². The van der Waals surface area contributed by atoms with Gasteiger partial charge in [-0.1, -0.05) is 53.1 Å². The second-order valence-corrected chi connectivity index (χ2v) is 7.97. The van der Waals surface area contributed by atoms with Gasteiger partial charge in [0.25, 0.3) is 0 Å². The second-order valence-electron chi connectivity index (χ2n) is 7.97. The summed E-state index contributed by atoms with van der Waals surface area (Å²) >= 11 is 0. The number of allylic oxidation sites excluding steroid dienone is 2. The van der Waals surface area contributed by atoms with Crippen molar-refractivity contribution in [2.75, 3.05) is 0 Å². The summed E-state index contributed by atoms with van der Waals surface area (Å²) in [5.74, 6) is 1.17. The van der Waals surface area contributed by atoms with E-state index in [0.717, 1.165) is 12.8 Å². The lowest BCUT2D eigenvalue weighted by Gasteiger charge is -2.51. The minimum Gasteiger partial charge on any atom is -0.366 e. The van der Waals surface area contributed by atoms with Crippen LogP contribution in [0, 0.1) is 18.8 Å². The zero-order valence-electron chi connectivity index (χ0n) is 15.2. The Morgan fingerprint density at radius 3 is 2.57 bits per heavy atom. The average Bonchev–Trinajstić information content (AvgIpc) is 2.52. The summed E-state index contributed by atoms with van der Waals surface area (Å²) in [5, 5.41) is 0. The van der Waals surface area contributed by atoms with Crippen molar-refractivity contribution in [2.45, 2.75) is 65.6 Å². The molecule has 1 saturated heterocycles. The molecule has 1 heteroatoms. The van der Waals surface area contributed by atoms with Crippen molar-refractivity contribution < 1.29 is 4.74 Å². The third-order valence-electron chi connectivity index (χ3n) is 5.79. The highest BCUT2D eigenvalue weighted by Gasteiger charge is 2.47. The number of aryl methyl sites for hydroxylation is 1. The lowest BCUT2D eigenvalue weighted by molar-refractivity contribution is -0.175. The molecule has 2 aliphatic rings. The summed E-state index contributed by atoms with van der Waals surface area (Å²) in [6.07, 6.45) is 8.44. The van der Waals surface area contributed by atoms with Gasteiger partial charge in [0, 0.05) is 5.92 Å². The van der Waals surface area contributed by atoms with Gasteiger partial charge in [-0.3, -0.25) is 0 Å². The Balaban J connectivity index is 1.94. The number of ether oxygens (including phenoxy) is 1. The van der Waals surface area contributed by atoms with Crippen LogP contribution >= 0.6 is 0 Å². The highest BCUT2D eigenvalue weighted by Crippen LogP contribution is 2.52. The Bertz CT molecular complexity index is 618. The first-order valence-corrected chi connectivity index (χ1v) is 8.93. The third-order valence-corrected chi connectivity index (χ3v) is 5.79. The van der Waals surface area contributed by atoms with Gasteiger partial charge < -0.3 is 4.74 Å². The van der Waals surface area contributed by atoms with Gasteiger partial charge in [-0.05, 0) is 65.4 Å². The molecule has 3 rings (SSSR count). The molecule has 0 amide bonds. The maximum atomic E-state index is 6.80. The van der Waals surface area contributed by atoms with Crippen molar-refractivity contribution in [1.82, 2.24) is 0 Å². The van der Waals surface area contributed by atoms with Crippen LogP contribution in [0.5, 0.6) is 0 Å². The van der Waals surface area contributed by atoms with E-state index in [2.05, 4.69) is 71.0 Å². The molecule has 1 heterocycles. The van der Waals surface area contributed by atoms with Gasteiger partial charge in [-0.2, -0.15) is 0 Å². The van der Waals surface area contributed by atoms with Crippen molar-refractivity contribution in [1.29, 1.82) is 0 Å². The molecule has 1 fully saturated rings. The van der Waals surface area contributed by atoms with Gasteiger partial charge in [0.15, 0.2) is 0 Å². The van der Waals surface area contributed by atoms with Crippen LogP contribution in [0.4, 0.5) is 0 Å². The molecule has 0 spiro atoms. The van der Waals surface area contributed by atoms with Crippen LogP contribution in [0.1, 0.15) is 64.2 Å². The molecule has 124 valence electrons. The van der Waals surface area contributed by atoms with E-state index in [1.165, 1.54) is 28.7 Å². The fraction of sp³-hybridized carbons (Fsp3) is 0.545. The first-order valence-electron chi connectivity index (χ1n) is 8.93. The van der Waals surface area contributed by atoms with Gasteiger partial charge in [0.1, 0.15) is 0 Å². The molecule has 0 radical (unpaired) electrons. The molecule has 2 bridgehead atoms. The van der Waals surface area contributed by atoms with Crippen molar-refractivity contribution >= 4 is 0 Å². The summed E-state index contributed by atoms with van der Waals surface area (Å²) in [7, 11) is 0. The van der Waals surface area contributed by atoms with E-state index in [-0.39, 0.29) is 11.7 Å². The van der Waals surface area contributed by atoms with Crippen LogP contribution < -0.4 is 0 Å². The van der Waals surface area contributed by atoms with E-state index in [9.17, 15) is 0 Å². The minimum absolute atomic E-state index is 0.0550. The number of rotatable bonds is 3. The molecule has 1 aliphatic carbocycles. The van der Waals surface area contributed by atoms with E-state index in [4.69, 9.17) is 4.74 Å². The topological polar surface area (TPSA) is 9.23 Å². The molecule has 23 heavy (non-hydrogen) atoms. The molecule has 1 aromatic rings. The van der Waals surface area contributed by atoms with Crippen LogP contribution in [0.15, 0.2) is 47.6 Å². The fourth-order valence-corrected chi connectivity index (χ4v) is 4.08. The predicted molar refractivity (Wildman–Crippen MR) is 97.4 cm³/mol. The van der Waals surface area contributed by atoms with E-state index in [0.29, 0.717) is 11.8 Å². The monoisotopic (exact) mass is 310 g/mol. The van der Waals surface area contributed by atoms with Crippen molar-refractivity contribution in [3.8, 4) is 0 Å². The van der Waals surface area contributed by atoms with Crippen LogP contribution in [0.25, 0.3) is 0 Å². The Morgan fingerprint density at radius 1 is 1.22 bits per heavy atom. The molecule has 1 aliphatic heterocycles. The zero-order valence-corrected chi connectivity index (χ0v) is 15.2. The lowest BCUT2D eigenvalue weighted by Crippen LogP contribution is -2.47. The Kier molecular flexibility index (Phi) is 4.51. The van der Waals surface area contributed by atoms with Crippen LogP contribution in [0.2, 0.25) is 0 Å². The molecule has 0 unspecified atom stereocenters. The highest BCUT2D eigenvalue weighted by atomic mass is 16.5. The molecule has 0 saturated carbocycles. The van der Waals surface area contributed by atoms with Gasteiger partial charge in [0.2, 0.25) is 0 Å². The fourth-order valence-electron chi connectivity index (χ4n) is 4.08. The molecular weight excluding hydrogens is 280 g/mol. The van der Waals surface area contributed by atoms with Gasteiger partial charge in [-0.15, -0.1) is 0 Å². The normalized spacial score (nSPS) is 33.1. The lowest BCUT2D eigenvalue weighted by atomic mass is 9.67.